The molecule has 10 heteroatoms. The van der Waals surface area contributed by atoms with Gasteiger partial charge >= 0.3 is 0 Å². The molecule has 10 nitrogen and oxygen atoms in total. The Hall–Kier alpha value is -3.56. The van der Waals surface area contributed by atoms with Crippen molar-refractivity contribution in [3.63, 3.8) is 0 Å². The van der Waals surface area contributed by atoms with Crippen molar-refractivity contribution in [2.75, 3.05) is 19.6 Å². The third kappa shape index (κ3) is 5.33. The standard InChI is InChI=1S/C21H25N5O5/c1-15-14-18(27)20(23-25(15)16-8-4-5-9-17(16)26(30)31)21(29)22-11-10-19(28)24-12-6-2-3-7-13-24/h4-5,8-9,14H,2-3,6-7,10-13H2,1H3,(H,22,29). The smallest absolute Gasteiger partial charge is 0.294 e. The highest BCUT2D eigenvalue weighted by Crippen LogP contribution is 2.22. The lowest BCUT2D eigenvalue weighted by molar-refractivity contribution is -0.384. The molecule has 3 rings (SSSR count). The van der Waals surface area contributed by atoms with Crippen LogP contribution in [0.3, 0.4) is 0 Å². The number of nitrogens with zero attached hydrogens (tertiary/aromatic N) is 4. The van der Waals surface area contributed by atoms with Crippen LogP contribution in [0.5, 0.6) is 0 Å². The van der Waals surface area contributed by atoms with Crippen LogP contribution in [-0.2, 0) is 4.79 Å². The minimum Gasteiger partial charge on any atom is -0.350 e. The van der Waals surface area contributed by atoms with Crippen LogP contribution in [0, 0.1) is 17.0 Å². The molecule has 1 saturated heterocycles. The number of carbonyl (C=O) groups excluding carboxylic acids is 2. The Morgan fingerprint density at radius 2 is 1.84 bits per heavy atom. The Morgan fingerprint density at radius 3 is 2.52 bits per heavy atom. The lowest BCUT2D eigenvalue weighted by Crippen LogP contribution is -2.37. The number of para-hydroxylation sites is 2. The van der Waals surface area contributed by atoms with Gasteiger partial charge in [-0.2, -0.15) is 5.10 Å². The maximum atomic E-state index is 12.5. The number of benzene rings is 1. The molecule has 0 bridgehead atoms. The summed E-state index contributed by atoms with van der Waals surface area (Å²) in [6, 6.07) is 7.15. The zero-order valence-corrected chi connectivity index (χ0v) is 17.4. The number of likely N-dealkylation sites (tertiary alicyclic amines) is 1. The molecule has 1 aliphatic rings. The molecule has 0 radical (unpaired) electrons. The van der Waals surface area contributed by atoms with E-state index in [1.807, 2.05) is 4.90 Å². The minimum absolute atomic E-state index is 0.0311. The Balaban J connectivity index is 1.73. The van der Waals surface area contributed by atoms with E-state index in [0.717, 1.165) is 38.8 Å². The van der Waals surface area contributed by atoms with Crippen LogP contribution >= 0.6 is 0 Å². The first-order valence-electron chi connectivity index (χ1n) is 10.3. The van der Waals surface area contributed by atoms with Crippen molar-refractivity contribution in [1.82, 2.24) is 20.0 Å². The Kier molecular flexibility index (Phi) is 7.11. The van der Waals surface area contributed by atoms with Crippen LogP contribution in [0.4, 0.5) is 5.69 Å². The normalized spacial score (nSPS) is 14.0. The summed E-state index contributed by atoms with van der Waals surface area (Å²) >= 11 is 0. The molecule has 0 saturated carbocycles. The largest absolute Gasteiger partial charge is 0.350 e. The van der Waals surface area contributed by atoms with Crippen molar-refractivity contribution in [2.24, 2.45) is 0 Å². The average Bonchev–Trinajstić information content (AvgIpc) is 3.03. The van der Waals surface area contributed by atoms with E-state index in [9.17, 15) is 24.5 Å². The van der Waals surface area contributed by atoms with Gasteiger partial charge in [0, 0.05) is 43.9 Å². The first-order valence-corrected chi connectivity index (χ1v) is 10.3. The number of nitrogens with one attached hydrogen (secondary N) is 1. The molecule has 0 unspecified atom stereocenters. The van der Waals surface area contributed by atoms with Gasteiger partial charge in [-0.1, -0.05) is 25.0 Å². The fourth-order valence-electron chi connectivity index (χ4n) is 3.59. The molecular weight excluding hydrogens is 402 g/mol. The second-order valence-electron chi connectivity index (χ2n) is 7.46. The number of hydrogen-bond donors (Lipinski definition) is 1. The second-order valence-corrected chi connectivity index (χ2v) is 7.46. The number of hydrogen-bond acceptors (Lipinski definition) is 6. The minimum atomic E-state index is -0.721. The van der Waals surface area contributed by atoms with Gasteiger partial charge in [0.1, 0.15) is 5.69 Å². The predicted octanol–water partition coefficient (Wildman–Crippen LogP) is 1.97. The molecule has 1 N–H and O–H groups in total. The van der Waals surface area contributed by atoms with Crippen molar-refractivity contribution in [2.45, 2.75) is 39.0 Å². The predicted molar refractivity (Wildman–Crippen MR) is 113 cm³/mol. The number of rotatable bonds is 6. The fourth-order valence-corrected chi connectivity index (χ4v) is 3.59. The van der Waals surface area contributed by atoms with Crippen LogP contribution in [0.1, 0.15) is 48.3 Å². The van der Waals surface area contributed by atoms with Gasteiger partial charge < -0.3 is 10.2 Å². The molecule has 31 heavy (non-hydrogen) atoms. The second kappa shape index (κ2) is 9.96. The Morgan fingerprint density at radius 1 is 1.16 bits per heavy atom. The first kappa shape index (κ1) is 22.1. The van der Waals surface area contributed by atoms with Crippen LogP contribution < -0.4 is 10.7 Å². The number of carbonyl (C=O) groups is 2. The van der Waals surface area contributed by atoms with Gasteiger partial charge in [0.05, 0.1) is 4.92 Å². The van der Waals surface area contributed by atoms with Crippen molar-refractivity contribution < 1.29 is 14.5 Å². The molecule has 1 aromatic heterocycles. The number of nitro groups is 1. The molecule has 0 atom stereocenters. The van der Waals surface area contributed by atoms with Crippen LogP contribution in [-0.4, -0.2) is 51.1 Å². The summed E-state index contributed by atoms with van der Waals surface area (Å²) in [7, 11) is 0. The van der Waals surface area contributed by atoms with Gasteiger partial charge in [0.2, 0.25) is 11.3 Å². The van der Waals surface area contributed by atoms with E-state index in [1.165, 1.54) is 28.9 Å². The SMILES string of the molecule is Cc1cc(=O)c(C(=O)NCCC(=O)N2CCCCCC2)nn1-c1ccccc1[N+](=O)[O-]. The van der Waals surface area contributed by atoms with E-state index in [0.29, 0.717) is 5.69 Å². The summed E-state index contributed by atoms with van der Waals surface area (Å²) in [6.07, 6.45) is 4.33. The zero-order valence-electron chi connectivity index (χ0n) is 17.4. The van der Waals surface area contributed by atoms with E-state index in [1.54, 1.807) is 13.0 Å². The summed E-state index contributed by atoms with van der Waals surface area (Å²) < 4.78 is 1.21. The van der Waals surface area contributed by atoms with Crippen molar-refractivity contribution >= 4 is 17.5 Å². The molecule has 1 aliphatic heterocycles. The quantitative estimate of drug-likeness (QED) is 0.555. The summed E-state index contributed by atoms with van der Waals surface area (Å²) in [5, 5.41) is 18.0. The number of amides is 2. The fraction of sp³-hybridized carbons (Fsp3) is 0.429. The lowest BCUT2D eigenvalue weighted by Gasteiger charge is -2.20. The average molecular weight is 427 g/mol. The molecule has 1 fully saturated rings. The third-order valence-electron chi connectivity index (χ3n) is 5.21. The van der Waals surface area contributed by atoms with E-state index in [2.05, 4.69) is 10.4 Å². The highest BCUT2D eigenvalue weighted by molar-refractivity contribution is 5.92. The van der Waals surface area contributed by atoms with Gasteiger partial charge in [0.25, 0.3) is 11.6 Å². The van der Waals surface area contributed by atoms with Gasteiger partial charge in [-0.3, -0.25) is 24.5 Å². The monoisotopic (exact) mass is 427 g/mol. The lowest BCUT2D eigenvalue weighted by atomic mass is 10.2. The first-order chi connectivity index (χ1) is 14.9. The third-order valence-corrected chi connectivity index (χ3v) is 5.21. The van der Waals surface area contributed by atoms with E-state index < -0.39 is 16.3 Å². The van der Waals surface area contributed by atoms with E-state index in [-0.39, 0.29) is 35.9 Å². The zero-order chi connectivity index (χ0) is 22.4. The molecule has 0 aliphatic carbocycles. The van der Waals surface area contributed by atoms with Gasteiger partial charge in [-0.15, -0.1) is 0 Å². The van der Waals surface area contributed by atoms with Crippen molar-refractivity contribution in [1.29, 1.82) is 0 Å². The summed E-state index contributed by atoms with van der Waals surface area (Å²) in [4.78, 5) is 49.8. The van der Waals surface area contributed by atoms with Gasteiger partial charge in [-0.05, 0) is 25.8 Å². The molecule has 1 aromatic carbocycles. The molecule has 2 heterocycles. The maximum Gasteiger partial charge on any atom is 0.294 e. The molecular formula is C21H25N5O5. The number of aryl methyl sites for hydroxylation is 1. The van der Waals surface area contributed by atoms with Gasteiger partial charge in [0.15, 0.2) is 5.69 Å². The topological polar surface area (TPSA) is 127 Å². The van der Waals surface area contributed by atoms with Crippen molar-refractivity contribution in [3.05, 3.63) is 62.1 Å². The summed E-state index contributed by atoms with van der Waals surface area (Å²) in [5.41, 5.74) is -0.673. The van der Waals surface area contributed by atoms with E-state index >= 15 is 0 Å². The summed E-state index contributed by atoms with van der Waals surface area (Å²) in [6.45, 7) is 3.11. The van der Waals surface area contributed by atoms with Crippen molar-refractivity contribution in [3.8, 4) is 5.69 Å². The summed E-state index contributed by atoms with van der Waals surface area (Å²) in [5.74, 6) is -0.752. The number of nitro benzene ring substituents is 1. The molecule has 164 valence electrons. The van der Waals surface area contributed by atoms with E-state index in [4.69, 9.17) is 0 Å². The van der Waals surface area contributed by atoms with Crippen LogP contribution in [0.2, 0.25) is 0 Å². The maximum absolute atomic E-state index is 12.5. The van der Waals surface area contributed by atoms with Crippen LogP contribution in [0.15, 0.2) is 35.1 Å². The Labute approximate surface area is 179 Å². The molecule has 2 aromatic rings. The number of aromatic nitrogens is 2. The highest BCUT2D eigenvalue weighted by Gasteiger charge is 2.21. The van der Waals surface area contributed by atoms with Gasteiger partial charge in [-0.25, -0.2) is 4.68 Å². The van der Waals surface area contributed by atoms with Crippen LogP contribution in [0.25, 0.3) is 5.69 Å². The Bertz CT molecular complexity index is 1040. The molecule has 2 amide bonds. The molecule has 0 spiro atoms. The highest BCUT2D eigenvalue weighted by atomic mass is 16.6.